The van der Waals surface area contributed by atoms with Crippen LogP contribution < -0.4 is 5.32 Å². The van der Waals surface area contributed by atoms with E-state index in [-0.39, 0.29) is 0 Å². The third-order valence-corrected chi connectivity index (χ3v) is 5.06. The smallest absolute Gasteiger partial charge is 0.0420 e. The third-order valence-electron chi connectivity index (χ3n) is 3.93. The Morgan fingerprint density at radius 3 is 2.44 bits per heavy atom. The van der Waals surface area contributed by atoms with E-state index in [9.17, 15) is 0 Å². The molecular weight excluding hydrogens is 238 g/mol. The van der Waals surface area contributed by atoms with Crippen molar-refractivity contribution in [2.24, 2.45) is 11.3 Å². The molecule has 0 aliphatic heterocycles. The van der Waals surface area contributed by atoms with Gasteiger partial charge in [-0.1, -0.05) is 34.6 Å². The highest BCUT2D eigenvalue weighted by molar-refractivity contribution is 7.10. The minimum Gasteiger partial charge on any atom is -0.309 e. The molecule has 1 aromatic heterocycles. The Hall–Kier alpha value is -0.340. The molecule has 2 heteroatoms. The quantitative estimate of drug-likeness (QED) is 0.750. The first-order valence-electron chi connectivity index (χ1n) is 7.13. The predicted molar refractivity (Wildman–Crippen MR) is 83.3 cm³/mol. The van der Waals surface area contributed by atoms with Crippen molar-refractivity contribution >= 4 is 11.3 Å². The topological polar surface area (TPSA) is 12.0 Å². The van der Waals surface area contributed by atoms with E-state index in [1.165, 1.54) is 23.3 Å². The second-order valence-electron chi connectivity index (χ2n) is 6.48. The molecule has 0 aliphatic carbocycles. The van der Waals surface area contributed by atoms with E-state index in [1.807, 2.05) is 11.3 Å². The van der Waals surface area contributed by atoms with E-state index in [1.54, 1.807) is 0 Å². The minimum absolute atomic E-state index is 0.386. The molecule has 0 saturated heterocycles. The molecular formula is C16H29NS. The van der Waals surface area contributed by atoms with Crippen LogP contribution in [0.5, 0.6) is 0 Å². The molecule has 0 saturated carbocycles. The third kappa shape index (κ3) is 4.40. The summed E-state index contributed by atoms with van der Waals surface area (Å²) in [5.41, 5.74) is 1.83. The first kappa shape index (κ1) is 15.7. The molecule has 1 rings (SSSR count). The summed E-state index contributed by atoms with van der Waals surface area (Å²) in [6.45, 7) is 15.0. The van der Waals surface area contributed by atoms with Crippen LogP contribution in [0, 0.1) is 18.3 Å². The Kier molecular flexibility index (Phi) is 5.87. The van der Waals surface area contributed by atoms with E-state index >= 15 is 0 Å². The summed E-state index contributed by atoms with van der Waals surface area (Å²) in [6.07, 6.45) is 2.43. The van der Waals surface area contributed by atoms with Crippen LogP contribution in [0.2, 0.25) is 0 Å². The minimum atomic E-state index is 0.386. The molecule has 0 fully saturated rings. The van der Waals surface area contributed by atoms with Gasteiger partial charge >= 0.3 is 0 Å². The van der Waals surface area contributed by atoms with Gasteiger partial charge in [-0.05, 0) is 54.7 Å². The second kappa shape index (κ2) is 6.72. The monoisotopic (exact) mass is 267 g/mol. The van der Waals surface area contributed by atoms with E-state index in [2.05, 4.69) is 58.3 Å². The van der Waals surface area contributed by atoms with Crippen molar-refractivity contribution in [1.29, 1.82) is 0 Å². The largest absolute Gasteiger partial charge is 0.309 e. The van der Waals surface area contributed by atoms with Crippen LogP contribution in [0.1, 0.15) is 63.9 Å². The summed E-state index contributed by atoms with van der Waals surface area (Å²) in [4.78, 5) is 1.53. The van der Waals surface area contributed by atoms with Gasteiger partial charge in [-0.15, -0.1) is 11.3 Å². The Bertz CT molecular complexity index is 348. The molecule has 0 amide bonds. The normalized spacial score (nSPS) is 15.7. The van der Waals surface area contributed by atoms with Crippen molar-refractivity contribution < 1.29 is 0 Å². The van der Waals surface area contributed by atoms with Gasteiger partial charge in [0.15, 0.2) is 0 Å². The Morgan fingerprint density at radius 2 is 2.00 bits per heavy atom. The fourth-order valence-corrected chi connectivity index (χ4v) is 3.07. The van der Waals surface area contributed by atoms with Gasteiger partial charge in [0.05, 0.1) is 0 Å². The first-order valence-corrected chi connectivity index (χ1v) is 8.01. The van der Waals surface area contributed by atoms with Crippen LogP contribution in [-0.4, -0.2) is 6.54 Å². The maximum absolute atomic E-state index is 3.73. The number of nitrogens with one attached hydrogen (secondary N) is 1. The molecule has 0 aliphatic rings. The molecule has 1 nitrogen and oxygen atoms in total. The zero-order chi connectivity index (χ0) is 13.8. The van der Waals surface area contributed by atoms with Gasteiger partial charge in [0, 0.05) is 10.9 Å². The maximum atomic E-state index is 3.73. The maximum Gasteiger partial charge on any atom is 0.0420 e. The highest BCUT2D eigenvalue weighted by atomic mass is 32.1. The molecule has 1 heterocycles. The summed E-state index contributed by atoms with van der Waals surface area (Å²) in [7, 11) is 0. The summed E-state index contributed by atoms with van der Waals surface area (Å²) in [5, 5.41) is 5.94. The van der Waals surface area contributed by atoms with Crippen LogP contribution in [-0.2, 0) is 0 Å². The summed E-state index contributed by atoms with van der Waals surface area (Å²) < 4.78 is 0. The SMILES string of the molecule is CCCNC(CC(C)C(C)(C)C)c1sccc1C. The molecule has 1 N–H and O–H groups in total. The van der Waals surface area contributed by atoms with Gasteiger partial charge in [0.25, 0.3) is 0 Å². The van der Waals surface area contributed by atoms with Crippen LogP contribution >= 0.6 is 11.3 Å². The van der Waals surface area contributed by atoms with Crippen LogP contribution in [0.4, 0.5) is 0 Å². The van der Waals surface area contributed by atoms with Crippen molar-refractivity contribution in [3.8, 4) is 0 Å². The number of rotatable bonds is 6. The Balaban J connectivity index is 2.77. The van der Waals surface area contributed by atoms with E-state index in [0.717, 1.165) is 6.54 Å². The number of aryl methyl sites for hydroxylation is 1. The highest BCUT2D eigenvalue weighted by Gasteiger charge is 2.25. The number of hydrogen-bond donors (Lipinski definition) is 1. The molecule has 18 heavy (non-hydrogen) atoms. The molecule has 2 atom stereocenters. The zero-order valence-corrected chi connectivity index (χ0v) is 13.7. The van der Waals surface area contributed by atoms with Crippen LogP contribution in [0.15, 0.2) is 11.4 Å². The van der Waals surface area contributed by atoms with E-state index < -0.39 is 0 Å². The van der Waals surface area contributed by atoms with Gasteiger partial charge in [0.1, 0.15) is 0 Å². The van der Waals surface area contributed by atoms with E-state index in [4.69, 9.17) is 0 Å². The average molecular weight is 267 g/mol. The van der Waals surface area contributed by atoms with Crippen molar-refractivity contribution in [2.45, 2.75) is 60.4 Å². The fraction of sp³-hybridized carbons (Fsp3) is 0.750. The van der Waals surface area contributed by atoms with Crippen molar-refractivity contribution in [3.63, 3.8) is 0 Å². The summed E-state index contributed by atoms with van der Waals surface area (Å²) >= 11 is 1.90. The number of thiophene rings is 1. The zero-order valence-electron chi connectivity index (χ0n) is 12.8. The van der Waals surface area contributed by atoms with Gasteiger partial charge in [0.2, 0.25) is 0 Å². The molecule has 0 bridgehead atoms. The average Bonchev–Trinajstić information content (AvgIpc) is 2.69. The van der Waals surface area contributed by atoms with Gasteiger partial charge in [-0.25, -0.2) is 0 Å². The van der Waals surface area contributed by atoms with Gasteiger partial charge in [-0.3, -0.25) is 0 Å². The Labute approximate surface area is 117 Å². The lowest BCUT2D eigenvalue weighted by Gasteiger charge is -2.31. The molecule has 0 radical (unpaired) electrons. The lowest BCUT2D eigenvalue weighted by molar-refractivity contribution is 0.224. The first-order chi connectivity index (χ1) is 8.36. The fourth-order valence-electron chi connectivity index (χ4n) is 2.05. The van der Waals surface area contributed by atoms with E-state index in [0.29, 0.717) is 17.4 Å². The standard InChI is InChI=1S/C16H29NS/c1-7-9-17-14(11-13(3)16(4,5)6)15-12(2)8-10-18-15/h8,10,13-14,17H,7,9,11H2,1-6H3. The van der Waals surface area contributed by atoms with Crippen LogP contribution in [0.3, 0.4) is 0 Å². The van der Waals surface area contributed by atoms with Gasteiger partial charge < -0.3 is 5.32 Å². The molecule has 0 aromatic carbocycles. The van der Waals surface area contributed by atoms with Gasteiger partial charge in [-0.2, -0.15) is 0 Å². The van der Waals surface area contributed by atoms with Crippen molar-refractivity contribution in [3.05, 3.63) is 21.9 Å². The van der Waals surface area contributed by atoms with Crippen molar-refractivity contribution in [1.82, 2.24) is 5.32 Å². The summed E-state index contributed by atoms with van der Waals surface area (Å²) in [6, 6.07) is 2.77. The number of hydrogen-bond acceptors (Lipinski definition) is 2. The predicted octanol–water partition coefficient (Wildman–Crippen LogP) is 5.17. The molecule has 1 aromatic rings. The second-order valence-corrected chi connectivity index (χ2v) is 7.43. The molecule has 104 valence electrons. The molecule has 2 unspecified atom stereocenters. The highest BCUT2D eigenvalue weighted by Crippen LogP contribution is 2.35. The lowest BCUT2D eigenvalue weighted by Crippen LogP contribution is -2.28. The lowest BCUT2D eigenvalue weighted by atomic mass is 9.78. The van der Waals surface area contributed by atoms with Crippen LogP contribution in [0.25, 0.3) is 0 Å². The van der Waals surface area contributed by atoms with Crippen molar-refractivity contribution in [2.75, 3.05) is 6.54 Å². The Morgan fingerprint density at radius 1 is 1.33 bits per heavy atom. The summed E-state index contributed by atoms with van der Waals surface area (Å²) in [5.74, 6) is 0.716. The molecule has 0 spiro atoms.